The fourth-order valence-electron chi connectivity index (χ4n) is 2.95. The third-order valence-corrected chi connectivity index (χ3v) is 4.43. The Morgan fingerprint density at radius 2 is 2.22 bits per heavy atom. The Balaban J connectivity index is 1.68. The Bertz CT molecular complexity index is 388. The average Bonchev–Trinajstić information content (AvgIpc) is 2.84. The number of amides is 1. The van der Waals surface area contributed by atoms with Crippen molar-refractivity contribution in [3.63, 3.8) is 0 Å². The van der Waals surface area contributed by atoms with Gasteiger partial charge in [-0.2, -0.15) is 0 Å². The second-order valence-electron chi connectivity index (χ2n) is 5.83. The van der Waals surface area contributed by atoms with Gasteiger partial charge in [-0.25, -0.2) is 4.79 Å². The molecule has 0 N–H and O–H groups in total. The first-order valence-electron chi connectivity index (χ1n) is 6.67. The van der Waals surface area contributed by atoms with Gasteiger partial charge in [-0.1, -0.05) is 13.8 Å². The summed E-state index contributed by atoms with van der Waals surface area (Å²) in [6, 6.07) is -0.402. The summed E-state index contributed by atoms with van der Waals surface area (Å²) < 4.78 is 11.0. The highest BCUT2D eigenvalue weighted by Gasteiger charge is 2.53. The van der Waals surface area contributed by atoms with Crippen LogP contribution in [0.25, 0.3) is 0 Å². The zero-order valence-electron chi connectivity index (χ0n) is 10.8. The Morgan fingerprint density at radius 3 is 2.83 bits per heavy atom. The number of nitrogens with zero attached hydrogens (tertiary/aromatic N) is 1. The maximum absolute atomic E-state index is 12.2. The number of hydrogen-bond donors (Lipinski definition) is 0. The SMILES string of the molecule is CC(C)C1(OC(=O)N2CCC3OCC(=O)C32)CC1. The Hall–Kier alpha value is -1.10. The second kappa shape index (κ2) is 3.95. The molecule has 1 amide bonds. The maximum atomic E-state index is 12.2. The molecule has 0 bridgehead atoms. The molecular weight excluding hydrogens is 234 g/mol. The van der Waals surface area contributed by atoms with Gasteiger partial charge in [0.05, 0.1) is 6.10 Å². The van der Waals surface area contributed by atoms with Crippen molar-refractivity contribution in [2.24, 2.45) is 5.92 Å². The molecule has 2 unspecified atom stereocenters. The van der Waals surface area contributed by atoms with Crippen LogP contribution in [0.5, 0.6) is 0 Å². The predicted molar refractivity (Wildman–Crippen MR) is 63.1 cm³/mol. The highest BCUT2D eigenvalue weighted by molar-refractivity contribution is 5.91. The summed E-state index contributed by atoms with van der Waals surface area (Å²) in [6.07, 6.45) is 2.15. The summed E-state index contributed by atoms with van der Waals surface area (Å²) in [5.41, 5.74) is -0.280. The summed E-state index contributed by atoms with van der Waals surface area (Å²) >= 11 is 0. The van der Waals surface area contributed by atoms with Crippen molar-refractivity contribution in [3.8, 4) is 0 Å². The standard InChI is InChI=1S/C13H19NO4/c1-8(2)13(4-5-13)18-12(16)14-6-3-10-11(14)9(15)7-17-10/h8,10-11H,3-7H2,1-2H3. The second-order valence-corrected chi connectivity index (χ2v) is 5.83. The normalized spacial score (nSPS) is 32.8. The molecule has 18 heavy (non-hydrogen) atoms. The molecule has 1 aliphatic carbocycles. The molecule has 2 atom stereocenters. The van der Waals surface area contributed by atoms with E-state index in [1.165, 1.54) is 0 Å². The number of ketones is 1. The molecule has 3 fully saturated rings. The summed E-state index contributed by atoms with van der Waals surface area (Å²) in [4.78, 5) is 25.5. The molecule has 5 nitrogen and oxygen atoms in total. The van der Waals surface area contributed by atoms with Gasteiger partial charge in [-0.05, 0) is 25.2 Å². The van der Waals surface area contributed by atoms with Crippen LogP contribution >= 0.6 is 0 Å². The van der Waals surface area contributed by atoms with E-state index in [1.54, 1.807) is 4.90 Å². The van der Waals surface area contributed by atoms with Gasteiger partial charge < -0.3 is 9.47 Å². The molecule has 0 aromatic carbocycles. The maximum Gasteiger partial charge on any atom is 0.411 e. The van der Waals surface area contributed by atoms with E-state index in [0.29, 0.717) is 12.5 Å². The zero-order valence-corrected chi connectivity index (χ0v) is 10.8. The first-order valence-corrected chi connectivity index (χ1v) is 6.67. The third-order valence-electron chi connectivity index (χ3n) is 4.43. The smallest absolute Gasteiger partial charge is 0.411 e. The van der Waals surface area contributed by atoms with Gasteiger partial charge in [0, 0.05) is 6.54 Å². The lowest BCUT2D eigenvalue weighted by atomic mass is 10.1. The van der Waals surface area contributed by atoms with Gasteiger partial charge in [0.1, 0.15) is 18.2 Å². The molecule has 2 heterocycles. The van der Waals surface area contributed by atoms with Gasteiger partial charge in [-0.3, -0.25) is 9.69 Å². The van der Waals surface area contributed by atoms with Gasteiger partial charge in [0.15, 0.2) is 5.78 Å². The molecule has 2 aliphatic heterocycles. The summed E-state index contributed by atoms with van der Waals surface area (Å²) in [5.74, 6) is 0.333. The molecule has 2 saturated heterocycles. The molecule has 0 aromatic heterocycles. The van der Waals surface area contributed by atoms with E-state index < -0.39 is 6.04 Å². The van der Waals surface area contributed by atoms with Crippen LogP contribution in [0.2, 0.25) is 0 Å². The van der Waals surface area contributed by atoms with Crippen LogP contribution in [0.1, 0.15) is 33.1 Å². The molecule has 1 saturated carbocycles. The minimum absolute atomic E-state index is 0.00356. The number of rotatable bonds is 2. The van der Waals surface area contributed by atoms with Crippen LogP contribution in [0.3, 0.4) is 0 Å². The number of Topliss-reactive ketones (excluding diaryl/α,β-unsaturated/α-hetero) is 1. The van der Waals surface area contributed by atoms with Crippen LogP contribution in [0, 0.1) is 5.92 Å². The minimum atomic E-state index is -0.402. The van der Waals surface area contributed by atoms with Crippen LogP contribution in [0.15, 0.2) is 0 Å². The van der Waals surface area contributed by atoms with Crippen molar-refractivity contribution in [3.05, 3.63) is 0 Å². The monoisotopic (exact) mass is 253 g/mol. The molecule has 0 aromatic rings. The zero-order chi connectivity index (χ0) is 12.9. The number of ether oxygens (including phenoxy) is 2. The van der Waals surface area contributed by atoms with E-state index >= 15 is 0 Å². The first-order chi connectivity index (χ1) is 8.53. The van der Waals surface area contributed by atoms with Crippen molar-refractivity contribution >= 4 is 11.9 Å². The van der Waals surface area contributed by atoms with Crippen LogP contribution in [-0.4, -0.2) is 47.7 Å². The summed E-state index contributed by atoms with van der Waals surface area (Å²) in [7, 11) is 0. The van der Waals surface area contributed by atoms with Crippen molar-refractivity contribution in [2.45, 2.75) is 50.9 Å². The first kappa shape index (κ1) is 12.0. The molecule has 3 aliphatic rings. The lowest BCUT2D eigenvalue weighted by molar-refractivity contribution is -0.121. The Labute approximate surface area is 106 Å². The van der Waals surface area contributed by atoms with Crippen molar-refractivity contribution in [1.29, 1.82) is 0 Å². The Morgan fingerprint density at radius 1 is 1.50 bits per heavy atom. The Kier molecular flexibility index (Phi) is 2.62. The lowest BCUT2D eigenvalue weighted by Gasteiger charge is -2.26. The van der Waals surface area contributed by atoms with Gasteiger partial charge in [0.2, 0.25) is 0 Å². The quantitative estimate of drug-likeness (QED) is 0.745. The van der Waals surface area contributed by atoms with E-state index in [1.807, 2.05) is 0 Å². The number of hydrogen-bond acceptors (Lipinski definition) is 4. The van der Waals surface area contributed by atoms with Crippen molar-refractivity contribution in [2.75, 3.05) is 13.2 Å². The topological polar surface area (TPSA) is 55.8 Å². The fraction of sp³-hybridized carbons (Fsp3) is 0.846. The number of likely N-dealkylation sites (tertiary alicyclic amines) is 1. The third kappa shape index (κ3) is 1.72. The highest BCUT2D eigenvalue weighted by Crippen LogP contribution is 2.46. The summed E-state index contributed by atoms with van der Waals surface area (Å²) in [6.45, 7) is 4.83. The molecule has 100 valence electrons. The van der Waals surface area contributed by atoms with E-state index in [4.69, 9.17) is 9.47 Å². The predicted octanol–water partition coefficient (Wildman–Crippen LogP) is 1.35. The summed E-state index contributed by atoms with van der Waals surface area (Å²) in [5, 5.41) is 0. The minimum Gasteiger partial charge on any atom is -0.443 e. The molecule has 3 rings (SSSR count). The number of carbonyl (C=O) groups is 2. The highest BCUT2D eigenvalue weighted by atomic mass is 16.6. The fourth-order valence-corrected chi connectivity index (χ4v) is 2.95. The molecular formula is C13H19NO4. The molecule has 5 heteroatoms. The van der Waals surface area contributed by atoms with Gasteiger partial charge in [0.25, 0.3) is 0 Å². The van der Waals surface area contributed by atoms with Crippen molar-refractivity contribution < 1.29 is 19.1 Å². The lowest BCUT2D eigenvalue weighted by Crippen LogP contribution is -2.44. The number of carbonyl (C=O) groups excluding carboxylic acids is 2. The van der Waals surface area contributed by atoms with Crippen LogP contribution in [0.4, 0.5) is 4.79 Å². The van der Waals surface area contributed by atoms with E-state index in [-0.39, 0.29) is 30.2 Å². The van der Waals surface area contributed by atoms with Crippen LogP contribution < -0.4 is 0 Å². The van der Waals surface area contributed by atoms with Crippen LogP contribution in [-0.2, 0) is 14.3 Å². The van der Waals surface area contributed by atoms with E-state index in [2.05, 4.69) is 13.8 Å². The van der Waals surface area contributed by atoms with Gasteiger partial charge in [-0.15, -0.1) is 0 Å². The largest absolute Gasteiger partial charge is 0.443 e. The molecule has 0 spiro atoms. The van der Waals surface area contributed by atoms with E-state index in [9.17, 15) is 9.59 Å². The van der Waals surface area contributed by atoms with E-state index in [0.717, 1.165) is 19.3 Å². The van der Waals surface area contributed by atoms with Crippen molar-refractivity contribution in [1.82, 2.24) is 4.90 Å². The molecule has 0 radical (unpaired) electrons. The number of fused-ring (bicyclic) bond motifs is 1. The average molecular weight is 253 g/mol. The van der Waals surface area contributed by atoms with Gasteiger partial charge >= 0.3 is 6.09 Å².